The zero-order valence-corrected chi connectivity index (χ0v) is 19.8. The number of aromatic nitrogens is 1. The van der Waals surface area contributed by atoms with Gasteiger partial charge in [-0.05, 0) is 66.3 Å². The summed E-state index contributed by atoms with van der Waals surface area (Å²) >= 11 is 0. The van der Waals surface area contributed by atoms with Crippen molar-refractivity contribution in [3.63, 3.8) is 0 Å². The molecule has 0 spiro atoms. The van der Waals surface area contributed by atoms with Gasteiger partial charge in [-0.2, -0.15) is 0 Å². The molecule has 7 heteroatoms. The van der Waals surface area contributed by atoms with Crippen LogP contribution in [0, 0.1) is 5.82 Å². The lowest BCUT2D eigenvalue weighted by Crippen LogP contribution is -2.48. The normalized spacial score (nSPS) is 18.7. The molecule has 5 rings (SSSR count). The highest BCUT2D eigenvalue weighted by Gasteiger charge is 2.39. The second-order valence-corrected chi connectivity index (χ2v) is 8.86. The van der Waals surface area contributed by atoms with E-state index in [1.165, 1.54) is 7.11 Å². The Balaban J connectivity index is 1.30. The first-order chi connectivity index (χ1) is 17.1. The van der Waals surface area contributed by atoms with Crippen molar-refractivity contribution in [1.82, 2.24) is 15.2 Å². The van der Waals surface area contributed by atoms with E-state index in [1.54, 1.807) is 37.6 Å². The van der Waals surface area contributed by atoms with Crippen LogP contribution in [0.3, 0.4) is 0 Å². The van der Waals surface area contributed by atoms with Crippen LogP contribution >= 0.6 is 0 Å². The van der Waals surface area contributed by atoms with Crippen LogP contribution in [0.2, 0.25) is 0 Å². The van der Waals surface area contributed by atoms with E-state index in [9.17, 15) is 4.79 Å². The molecular formula is C28H28FN3O3. The first-order valence-electron chi connectivity index (χ1n) is 11.8. The Labute approximate surface area is 204 Å². The summed E-state index contributed by atoms with van der Waals surface area (Å²) in [5, 5.41) is 3.05. The molecule has 2 unspecified atom stereocenters. The molecule has 0 aliphatic carbocycles. The maximum atomic E-state index is 15.1. The van der Waals surface area contributed by atoms with Crippen molar-refractivity contribution in [2.75, 3.05) is 14.2 Å². The molecule has 1 N–H and O–H groups in total. The molecule has 0 radical (unpaired) electrons. The van der Waals surface area contributed by atoms with Crippen molar-refractivity contribution >= 4 is 11.6 Å². The molecule has 2 aromatic carbocycles. The molecule has 1 aromatic heterocycles. The number of methoxy groups -OCH3 is 2. The quantitative estimate of drug-likeness (QED) is 0.518. The number of nitrogens with one attached hydrogen (secondary N) is 1. The summed E-state index contributed by atoms with van der Waals surface area (Å²) in [6.45, 7) is 0.458. The highest BCUT2D eigenvalue weighted by Crippen LogP contribution is 2.40. The zero-order chi connectivity index (χ0) is 24.4. The average molecular weight is 474 g/mol. The van der Waals surface area contributed by atoms with E-state index in [1.807, 2.05) is 35.2 Å². The number of ether oxygens (including phenoxy) is 2. The number of carbonyl (C=O) groups is 1. The highest BCUT2D eigenvalue weighted by molar-refractivity contribution is 5.79. The average Bonchev–Trinajstić information content (AvgIpc) is 3.16. The Morgan fingerprint density at radius 1 is 1.09 bits per heavy atom. The summed E-state index contributed by atoms with van der Waals surface area (Å²) in [5.74, 6) is 0.864. The van der Waals surface area contributed by atoms with Crippen LogP contribution in [0.5, 0.6) is 11.6 Å². The van der Waals surface area contributed by atoms with Crippen LogP contribution in [-0.4, -0.2) is 42.2 Å². The number of amides is 2. The van der Waals surface area contributed by atoms with E-state index in [2.05, 4.69) is 16.4 Å². The van der Waals surface area contributed by atoms with E-state index >= 15 is 4.39 Å². The van der Waals surface area contributed by atoms with E-state index in [0.717, 1.165) is 35.3 Å². The van der Waals surface area contributed by atoms with E-state index < -0.39 is 0 Å². The molecule has 2 bridgehead atoms. The molecule has 3 heterocycles. The fourth-order valence-corrected chi connectivity index (χ4v) is 5.06. The van der Waals surface area contributed by atoms with Crippen LogP contribution < -0.4 is 14.8 Å². The van der Waals surface area contributed by atoms with Gasteiger partial charge in [0.25, 0.3) is 0 Å². The molecule has 2 aliphatic heterocycles. The number of hydrogen-bond acceptors (Lipinski definition) is 4. The fraction of sp³-hybridized carbons (Fsp3) is 0.286. The van der Waals surface area contributed by atoms with Crippen molar-refractivity contribution in [2.45, 2.75) is 37.9 Å². The van der Waals surface area contributed by atoms with E-state index in [0.29, 0.717) is 30.0 Å². The number of pyridine rings is 1. The summed E-state index contributed by atoms with van der Waals surface area (Å²) in [7, 11) is 3.16. The van der Waals surface area contributed by atoms with Gasteiger partial charge in [-0.15, -0.1) is 0 Å². The summed E-state index contributed by atoms with van der Waals surface area (Å²) in [5.41, 5.74) is 4.03. The third kappa shape index (κ3) is 4.58. The van der Waals surface area contributed by atoms with Crippen molar-refractivity contribution < 1.29 is 18.7 Å². The van der Waals surface area contributed by atoms with Gasteiger partial charge in [0.05, 0.1) is 20.3 Å². The Morgan fingerprint density at radius 2 is 1.91 bits per heavy atom. The first-order valence-corrected chi connectivity index (χ1v) is 11.8. The molecule has 1 saturated heterocycles. The molecule has 180 valence electrons. The topological polar surface area (TPSA) is 63.7 Å². The van der Waals surface area contributed by atoms with Crippen molar-refractivity contribution in [1.29, 1.82) is 0 Å². The van der Waals surface area contributed by atoms with Gasteiger partial charge in [0.2, 0.25) is 5.88 Å². The maximum Gasteiger partial charge on any atom is 0.318 e. The van der Waals surface area contributed by atoms with Gasteiger partial charge in [-0.25, -0.2) is 14.2 Å². The van der Waals surface area contributed by atoms with Crippen molar-refractivity contribution in [3.05, 3.63) is 83.8 Å². The lowest BCUT2D eigenvalue weighted by Gasteiger charge is -2.34. The minimum atomic E-state index is -0.318. The number of nitrogens with zero attached hydrogens (tertiary/aromatic N) is 2. The largest absolute Gasteiger partial charge is 0.497 e. The fourth-order valence-electron chi connectivity index (χ4n) is 5.06. The van der Waals surface area contributed by atoms with E-state index in [-0.39, 0.29) is 23.9 Å². The van der Waals surface area contributed by atoms with Gasteiger partial charge in [0, 0.05) is 29.9 Å². The van der Waals surface area contributed by atoms with E-state index in [4.69, 9.17) is 9.47 Å². The molecule has 3 aromatic rings. The highest BCUT2D eigenvalue weighted by atomic mass is 19.1. The molecule has 2 aliphatic rings. The Kier molecular flexibility index (Phi) is 6.40. The summed E-state index contributed by atoms with van der Waals surface area (Å²) in [6, 6.07) is 16.6. The smallest absolute Gasteiger partial charge is 0.318 e. The molecule has 0 saturated carbocycles. The third-order valence-corrected chi connectivity index (χ3v) is 6.83. The SMILES string of the molecule is COc1ccc(CNC(=O)N2C3C=C(c4ccc(-c5cccnc5OC)c(F)c4)CC2CC3)cc1. The van der Waals surface area contributed by atoms with Crippen LogP contribution in [-0.2, 0) is 6.54 Å². The molecule has 2 atom stereocenters. The maximum absolute atomic E-state index is 15.1. The molecule has 2 amide bonds. The lowest BCUT2D eigenvalue weighted by atomic mass is 9.93. The number of hydrogen-bond donors (Lipinski definition) is 1. The third-order valence-electron chi connectivity index (χ3n) is 6.83. The minimum Gasteiger partial charge on any atom is -0.497 e. The van der Waals surface area contributed by atoms with Gasteiger partial charge in [0.1, 0.15) is 11.6 Å². The van der Waals surface area contributed by atoms with Crippen LogP contribution in [0.15, 0.2) is 66.9 Å². The van der Waals surface area contributed by atoms with Crippen LogP contribution in [0.1, 0.15) is 30.4 Å². The van der Waals surface area contributed by atoms with Gasteiger partial charge in [-0.1, -0.05) is 30.3 Å². The predicted octanol–water partition coefficient (Wildman–Crippen LogP) is 5.43. The molecular weight excluding hydrogens is 445 g/mol. The number of fused-ring (bicyclic) bond motifs is 2. The Hall–Kier alpha value is -3.87. The van der Waals surface area contributed by atoms with Crippen molar-refractivity contribution in [3.8, 4) is 22.8 Å². The van der Waals surface area contributed by atoms with Gasteiger partial charge < -0.3 is 19.7 Å². The zero-order valence-electron chi connectivity index (χ0n) is 19.8. The summed E-state index contributed by atoms with van der Waals surface area (Å²) in [6.07, 6.45) is 6.30. The lowest BCUT2D eigenvalue weighted by molar-refractivity contribution is 0.179. The van der Waals surface area contributed by atoms with Crippen molar-refractivity contribution in [2.24, 2.45) is 0 Å². The standard InChI is InChI=1S/C28H28FN3O3/c1-34-23-10-5-18(6-11-23)17-31-28(33)32-21-8-9-22(32)15-20(14-21)19-7-12-24(26(29)16-19)25-4-3-13-30-27(25)35-2/h3-7,10-14,16,21-22H,8-9,15,17H2,1-2H3,(H,31,33). The Morgan fingerprint density at radius 3 is 2.63 bits per heavy atom. The summed E-state index contributed by atoms with van der Waals surface area (Å²) in [4.78, 5) is 19.1. The number of halogens is 1. The monoisotopic (exact) mass is 473 g/mol. The Bertz CT molecular complexity index is 1260. The second kappa shape index (κ2) is 9.78. The molecule has 6 nitrogen and oxygen atoms in total. The predicted molar refractivity (Wildman–Crippen MR) is 133 cm³/mol. The second-order valence-electron chi connectivity index (χ2n) is 8.86. The van der Waals surface area contributed by atoms with Crippen LogP contribution in [0.25, 0.3) is 16.7 Å². The molecule has 1 fully saturated rings. The number of urea groups is 1. The molecule has 35 heavy (non-hydrogen) atoms. The van der Waals surface area contributed by atoms with Gasteiger partial charge in [-0.3, -0.25) is 0 Å². The van der Waals surface area contributed by atoms with Gasteiger partial charge in [0.15, 0.2) is 0 Å². The van der Waals surface area contributed by atoms with Gasteiger partial charge >= 0.3 is 6.03 Å². The minimum absolute atomic E-state index is 0.0146. The van der Waals surface area contributed by atoms with Crippen LogP contribution in [0.4, 0.5) is 9.18 Å². The summed E-state index contributed by atoms with van der Waals surface area (Å²) < 4.78 is 25.6. The first kappa shape index (κ1) is 22.9. The number of benzene rings is 2. The number of rotatable bonds is 6. The number of carbonyl (C=O) groups excluding carboxylic acids is 1.